The number of phenols is 1. The monoisotopic (exact) mass is 539 g/mol. The van der Waals surface area contributed by atoms with Crippen molar-refractivity contribution in [2.75, 3.05) is 6.54 Å². The van der Waals surface area contributed by atoms with Crippen LogP contribution in [0.2, 0.25) is 0 Å². The third-order valence-electron chi connectivity index (χ3n) is 5.31. The topological polar surface area (TPSA) is 271 Å². The van der Waals surface area contributed by atoms with E-state index < -0.39 is 72.6 Å². The average molecular weight is 540 g/mol. The number of nitrogens with two attached hydrogens (primary N) is 2. The van der Waals surface area contributed by atoms with Crippen LogP contribution >= 0.6 is 0 Å². The van der Waals surface area contributed by atoms with Crippen LogP contribution in [-0.4, -0.2) is 86.8 Å². The van der Waals surface area contributed by atoms with E-state index in [1.807, 2.05) is 0 Å². The van der Waals surface area contributed by atoms with Crippen molar-refractivity contribution in [2.24, 2.45) is 11.5 Å². The van der Waals surface area contributed by atoms with E-state index in [0.29, 0.717) is 24.9 Å². The minimum absolute atomic E-state index is 0.00261. The molecule has 0 saturated carbocycles. The van der Waals surface area contributed by atoms with Gasteiger partial charge in [0.05, 0.1) is 18.9 Å². The van der Waals surface area contributed by atoms with Crippen molar-refractivity contribution in [1.82, 2.24) is 16.0 Å². The lowest BCUT2D eigenvalue weighted by Gasteiger charge is -2.24. The summed E-state index contributed by atoms with van der Waals surface area (Å²) >= 11 is 0. The number of carbonyl (C=O) groups is 6. The average Bonchev–Trinajstić information content (AvgIpc) is 2.83. The zero-order valence-corrected chi connectivity index (χ0v) is 20.5. The number of aromatic hydroxyl groups is 1. The van der Waals surface area contributed by atoms with E-state index in [0.717, 1.165) is 0 Å². The molecule has 0 aliphatic rings. The summed E-state index contributed by atoms with van der Waals surface area (Å²) in [6.45, 7) is 0.299. The van der Waals surface area contributed by atoms with Crippen molar-refractivity contribution in [3.8, 4) is 5.75 Å². The zero-order valence-electron chi connectivity index (χ0n) is 20.5. The second-order valence-corrected chi connectivity index (χ2v) is 8.48. The number of carbonyl (C=O) groups excluding carboxylic acids is 3. The van der Waals surface area contributed by atoms with E-state index in [1.165, 1.54) is 24.3 Å². The molecule has 11 N–H and O–H groups in total. The van der Waals surface area contributed by atoms with Gasteiger partial charge in [-0.1, -0.05) is 12.1 Å². The standard InChI is InChI=1S/C23H33N5O10/c24-8-2-1-3-15(23(37)38)26-21(35)17(11-19(32)33)28-22(36)16(10-18(30)31)27-20(34)14(25)9-12-4-6-13(29)7-5-12/h4-7,14-17,29H,1-3,8-11,24-25H2,(H,26,35)(H,27,34)(H,28,36)(H,30,31)(H,32,33)(H,37,38). The Morgan fingerprint density at radius 2 is 1.21 bits per heavy atom. The molecule has 1 aromatic carbocycles. The van der Waals surface area contributed by atoms with Gasteiger partial charge in [-0.25, -0.2) is 4.79 Å². The molecule has 0 aromatic heterocycles. The summed E-state index contributed by atoms with van der Waals surface area (Å²) in [5, 5.41) is 43.4. The van der Waals surface area contributed by atoms with Crippen LogP contribution in [0, 0.1) is 0 Å². The van der Waals surface area contributed by atoms with Gasteiger partial charge in [0.15, 0.2) is 0 Å². The molecule has 4 atom stereocenters. The van der Waals surface area contributed by atoms with Gasteiger partial charge in [0, 0.05) is 0 Å². The number of carboxylic acid groups (broad SMARTS) is 3. The number of unbranched alkanes of at least 4 members (excludes halogenated alkanes) is 1. The first-order chi connectivity index (χ1) is 17.8. The second kappa shape index (κ2) is 15.8. The molecule has 0 heterocycles. The molecule has 3 amide bonds. The molecule has 4 unspecified atom stereocenters. The number of amides is 3. The first-order valence-electron chi connectivity index (χ1n) is 11.6. The van der Waals surface area contributed by atoms with Gasteiger partial charge in [-0.3, -0.25) is 24.0 Å². The van der Waals surface area contributed by atoms with Gasteiger partial charge in [0.1, 0.15) is 23.9 Å². The van der Waals surface area contributed by atoms with Crippen molar-refractivity contribution in [3.05, 3.63) is 29.8 Å². The fourth-order valence-corrected chi connectivity index (χ4v) is 3.32. The molecule has 15 nitrogen and oxygen atoms in total. The normalized spacial score (nSPS) is 13.8. The second-order valence-electron chi connectivity index (χ2n) is 8.48. The van der Waals surface area contributed by atoms with Crippen LogP contribution in [0.3, 0.4) is 0 Å². The lowest BCUT2D eigenvalue weighted by atomic mass is 10.0. The highest BCUT2D eigenvalue weighted by Gasteiger charge is 2.32. The molecule has 0 spiro atoms. The summed E-state index contributed by atoms with van der Waals surface area (Å²) in [5.41, 5.74) is 11.8. The molecule has 0 fully saturated rings. The van der Waals surface area contributed by atoms with E-state index in [4.69, 9.17) is 16.6 Å². The molecule has 38 heavy (non-hydrogen) atoms. The maximum absolute atomic E-state index is 12.8. The Morgan fingerprint density at radius 1 is 0.737 bits per heavy atom. The fourth-order valence-electron chi connectivity index (χ4n) is 3.32. The number of hydrogen-bond acceptors (Lipinski definition) is 9. The number of nitrogens with one attached hydrogen (secondary N) is 3. The summed E-state index contributed by atoms with van der Waals surface area (Å²) in [6, 6.07) is -0.312. The molecule has 210 valence electrons. The molecule has 0 aliphatic heterocycles. The van der Waals surface area contributed by atoms with Gasteiger partial charge in [0.25, 0.3) is 0 Å². The summed E-state index contributed by atoms with van der Waals surface area (Å²) in [4.78, 5) is 72.0. The highest BCUT2D eigenvalue weighted by atomic mass is 16.4. The summed E-state index contributed by atoms with van der Waals surface area (Å²) in [7, 11) is 0. The van der Waals surface area contributed by atoms with Crippen molar-refractivity contribution in [3.63, 3.8) is 0 Å². The third-order valence-corrected chi connectivity index (χ3v) is 5.31. The van der Waals surface area contributed by atoms with Crippen molar-refractivity contribution in [1.29, 1.82) is 0 Å². The maximum atomic E-state index is 12.8. The Labute approximate surface area is 217 Å². The third kappa shape index (κ3) is 11.7. The summed E-state index contributed by atoms with van der Waals surface area (Å²) < 4.78 is 0. The predicted octanol–water partition coefficient (Wildman–Crippen LogP) is -2.12. The molecule has 0 radical (unpaired) electrons. The van der Waals surface area contributed by atoms with E-state index in [9.17, 15) is 44.1 Å². The van der Waals surface area contributed by atoms with E-state index >= 15 is 0 Å². The smallest absolute Gasteiger partial charge is 0.326 e. The van der Waals surface area contributed by atoms with Gasteiger partial charge < -0.3 is 47.8 Å². The fraction of sp³-hybridized carbons (Fsp3) is 0.478. The Bertz CT molecular complexity index is 1000. The van der Waals surface area contributed by atoms with Gasteiger partial charge in [-0.2, -0.15) is 0 Å². The van der Waals surface area contributed by atoms with Crippen LogP contribution in [0.25, 0.3) is 0 Å². The number of aliphatic carboxylic acids is 3. The van der Waals surface area contributed by atoms with E-state index in [2.05, 4.69) is 16.0 Å². The predicted molar refractivity (Wildman–Crippen MR) is 131 cm³/mol. The Morgan fingerprint density at radius 3 is 1.66 bits per heavy atom. The number of rotatable bonds is 17. The zero-order chi connectivity index (χ0) is 28.8. The van der Waals surface area contributed by atoms with Crippen LogP contribution in [0.4, 0.5) is 0 Å². The Kier molecular flexibility index (Phi) is 13.2. The quantitative estimate of drug-likeness (QED) is 0.0961. The van der Waals surface area contributed by atoms with Crippen LogP contribution < -0.4 is 27.4 Å². The number of hydrogen-bond donors (Lipinski definition) is 9. The van der Waals surface area contributed by atoms with Gasteiger partial charge in [0.2, 0.25) is 17.7 Å². The maximum Gasteiger partial charge on any atom is 0.326 e. The molecule has 1 rings (SSSR count). The van der Waals surface area contributed by atoms with Crippen LogP contribution in [0.5, 0.6) is 5.75 Å². The molecule has 0 saturated heterocycles. The molecule has 0 aliphatic carbocycles. The van der Waals surface area contributed by atoms with Crippen LogP contribution in [-0.2, 0) is 35.2 Å². The number of carboxylic acids is 3. The largest absolute Gasteiger partial charge is 0.508 e. The SMILES string of the molecule is NCCCCC(NC(=O)C(CC(=O)O)NC(=O)C(CC(=O)O)NC(=O)C(N)Cc1ccc(O)cc1)C(=O)O. The van der Waals surface area contributed by atoms with E-state index in [1.54, 1.807) is 0 Å². The van der Waals surface area contributed by atoms with Gasteiger partial charge in [-0.05, 0) is 49.9 Å². The van der Waals surface area contributed by atoms with E-state index in [-0.39, 0.29) is 18.6 Å². The van der Waals surface area contributed by atoms with Crippen molar-refractivity contribution in [2.45, 2.75) is 62.7 Å². The van der Waals surface area contributed by atoms with Crippen LogP contribution in [0.1, 0.15) is 37.7 Å². The van der Waals surface area contributed by atoms with Gasteiger partial charge in [-0.15, -0.1) is 0 Å². The molecular weight excluding hydrogens is 506 g/mol. The highest BCUT2D eigenvalue weighted by Crippen LogP contribution is 2.11. The van der Waals surface area contributed by atoms with Gasteiger partial charge >= 0.3 is 17.9 Å². The molecule has 15 heteroatoms. The first kappa shape index (κ1) is 31.8. The Hall–Kier alpha value is -4.24. The highest BCUT2D eigenvalue weighted by molar-refractivity contribution is 5.96. The minimum Gasteiger partial charge on any atom is -0.508 e. The number of phenolic OH excluding ortho intramolecular Hbond substituents is 1. The summed E-state index contributed by atoms with van der Waals surface area (Å²) in [5.74, 6) is -7.58. The molecule has 0 bridgehead atoms. The minimum atomic E-state index is -1.77. The molecular formula is C23H33N5O10. The Balaban J connectivity index is 2.96. The van der Waals surface area contributed by atoms with Crippen molar-refractivity contribution < 1.29 is 49.2 Å². The van der Waals surface area contributed by atoms with Crippen molar-refractivity contribution >= 4 is 35.6 Å². The van der Waals surface area contributed by atoms with Crippen LogP contribution in [0.15, 0.2) is 24.3 Å². The molecule has 1 aromatic rings. The number of benzene rings is 1. The summed E-state index contributed by atoms with van der Waals surface area (Å²) in [6.07, 6.45) is -1.02. The first-order valence-corrected chi connectivity index (χ1v) is 11.6. The lowest BCUT2D eigenvalue weighted by molar-refractivity contribution is -0.145. The lowest BCUT2D eigenvalue weighted by Crippen LogP contribution is -2.58.